The highest BCUT2D eigenvalue weighted by Gasteiger charge is 2.64. The molecule has 1 amide bonds. The van der Waals surface area contributed by atoms with E-state index in [4.69, 9.17) is 31.4 Å². The van der Waals surface area contributed by atoms with Crippen LogP contribution in [0.25, 0.3) is 0 Å². The lowest BCUT2D eigenvalue weighted by Crippen LogP contribution is -2.74. The third-order valence-corrected chi connectivity index (χ3v) is 7.87. The first-order chi connectivity index (χ1) is 19.7. The van der Waals surface area contributed by atoms with Crippen LogP contribution < -0.4 is 14.8 Å². The molecule has 1 aliphatic carbocycles. The number of aromatic carboxylic acids is 2. The molecule has 1 aromatic heterocycles. The second-order valence-corrected chi connectivity index (χ2v) is 11.7. The highest BCUT2D eigenvalue weighted by molar-refractivity contribution is 6.31. The summed E-state index contributed by atoms with van der Waals surface area (Å²) in [5.74, 6) is -2.20. The molecule has 4 rings (SSSR count). The second-order valence-electron chi connectivity index (χ2n) is 11.3. The molecule has 0 saturated heterocycles. The van der Waals surface area contributed by atoms with E-state index in [0.29, 0.717) is 29.3 Å². The smallest absolute Gasteiger partial charge is 0.336 e. The van der Waals surface area contributed by atoms with Gasteiger partial charge in [0.25, 0.3) is 5.91 Å². The number of hydrogen-bond acceptors (Lipinski definition) is 7. The molecule has 1 fully saturated rings. The maximum Gasteiger partial charge on any atom is 0.336 e. The molecular formula is C30H31ClN4O7. The van der Waals surface area contributed by atoms with E-state index < -0.39 is 22.8 Å². The molecule has 2 aromatic carbocycles. The number of halogens is 1. The van der Waals surface area contributed by atoms with Gasteiger partial charge < -0.3 is 25.0 Å². The number of hydrogen-bond donors (Lipinski definition) is 3. The minimum Gasteiger partial charge on any atom is -0.494 e. The number of nitrogens with one attached hydrogen (secondary N) is 1. The topological polar surface area (TPSA) is 164 Å². The molecule has 42 heavy (non-hydrogen) atoms. The zero-order valence-corrected chi connectivity index (χ0v) is 24.3. The molecule has 0 atom stereocenters. The van der Waals surface area contributed by atoms with E-state index in [0.717, 1.165) is 0 Å². The third-order valence-electron chi connectivity index (χ3n) is 7.56. The maximum atomic E-state index is 13.1. The summed E-state index contributed by atoms with van der Waals surface area (Å²) in [5, 5.41) is 35.3. The molecule has 1 aliphatic rings. The summed E-state index contributed by atoms with van der Waals surface area (Å²) >= 11 is 6.17. The number of ether oxygens (including phenoxy) is 2. The van der Waals surface area contributed by atoms with Crippen molar-refractivity contribution in [2.24, 2.45) is 10.8 Å². The monoisotopic (exact) mass is 594 g/mol. The van der Waals surface area contributed by atoms with Crippen molar-refractivity contribution in [1.29, 1.82) is 5.26 Å². The number of nitriles is 1. The summed E-state index contributed by atoms with van der Waals surface area (Å²) in [6.07, 6.45) is 1.97. The molecule has 0 bridgehead atoms. The first-order valence-corrected chi connectivity index (χ1v) is 13.6. The van der Waals surface area contributed by atoms with Crippen LogP contribution >= 0.6 is 11.6 Å². The lowest BCUT2D eigenvalue weighted by molar-refractivity contribution is -0.164. The maximum absolute atomic E-state index is 13.1. The van der Waals surface area contributed by atoms with Crippen molar-refractivity contribution in [3.63, 3.8) is 0 Å². The number of carbonyl (C=O) groups is 3. The Hall–Kier alpha value is -4.56. The molecule has 11 nitrogen and oxygen atoms in total. The highest BCUT2D eigenvalue weighted by atomic mass is 35.5. The Morgan fingerprint density at radius 2 is 1.69 bits per heavy atom. The van der Waals surface area contributed by atoms with Crippen molar-refractivity contribution in [3.8, 4) is 17.6 Å². The zero-order chi connectivity index (χ0) is 30.8. The van der Waals surface area contributed by atoms with Gasteiger partial charge in [-0.3, -0.25) is 9.48 Å². The van der Waals surface area contributed by atoms with E-state index in [1.54, 1.807) is 35.1 Å². The molecule has 0 spiro atoms. The first kappa shape index (κ1) is 30.4. The Bertz CT molecular complexity index is 1560. The van der Waals surface area contributed by atoms with Crippen LogP contribution in [0.5, 0.6) is 11.5 Å². The number of carbonyl (C=O) groups excluding carboxylic acids is 1. The number of carboxylic acids is 2. The predicted molar refractivity (Wildman–Crippen MR) is 152 cm³/mol. The fourth-order valence-electron chi connectivity index (χ4n) is 5.80. The van der Waals surface area contributed by atoms with E-state index >= 15 is 0 Å². The molecule has 12 heteroatoms. The van der Waals surface area contributed by atoms with Gasteiger partial charge in [-0.25, -0.2) is 9.59 Å². The van der Waals surface area contributed by atoms with E-state index in [1.165, 1.54) is 18.2 Å². The molecular weight excluding hydrogens is 564 g/mol. The molecule has 3 aromatic rings. The van der Waals surface area contributed by atoms with E-state index in [9.17, 15) is 19.5 Å². The summed E-state index contributed by atoms with van der Waals surface area (Å²) in [7, 11) is 0. The van der Waals surface area contributed by atoms with Gasteiger partial charge in [-0.15, -0.1) is 0 Å². The summed E-state index contributed by atoms with van der Waals surface area (Å²) in [6, 6.07) is 12.2. The van der Waals surface area contributed by atoms with Crippen molar-refractivity contribution in [2.75, 3.05) is 6.61 Å². The van der Waals surface area contributed by atoms with Crippen LogP contribution in [0, 0.1) is 22.2 Å². The van der Waals surface area contributed by atoms with Crippen molar-refractivity contribution in [3.05, 3.63) is 76.1 Å². The fourth-order valence-corrected chi connectivity index (χ4v) is 6.01. The molecule has 3 N–H and O–H groups in total. The average molecular weight is 595 g/mol. The van der Waals surface area contributed by atoms with Gasteiger partial charge in [-0.2, -0.15) is 10.4 Å². The second kappa shape index (κ2) is 11.7. The lowest BCUT2D eigenvalue weighted by atomic mass is 9.49. The Labute approximate surface area is 247 Å². The van der Waals surface area contributed by atoms with E-state index in [-0.39, 0.29) is 47.2 Å². The van der Waals surface area contributed by atoms with Gasteiger partial charge in [0.15, 0.2) is 0 Å². The Balaban J connectivity index is 1.31. The SMILES string of the molecule is CC1(C)C(NC(=O)c2ccn(CCCOc3ccc(C(=O)O)c(C(=O)O)c3)n2)C(C)(C)C1Oc1ccc(C#N)c(Cl)c1. The van der Waals surface area contributed by atoms with Crippen LogP contribution in [0.1, 0.15) is 70.9 Å². The Morgan fingerprint density at radius 3 is 2.31 bits per heavy atom. The Morgan fingerprint density at radius 1 is 1.02 bits per heavy atom. The molecule has 220 valence electrons. The van der Waals surface area contributed by atoms with Crippen LogP contribution in [0.2, 0.25) is 5.02 Å². The molecule has 0 radical (unpaired) electrons. The van der Waals surface area contributed by atoms with Crippen LogP contribution in [0.4, 0.5) is 0 Å². The van der Waals surface area contributed by atoms with Gasteiger partial charge in [0.2, 0.25) is 0 Å². The third kappa shape index (κ3) is 6.04. The minimum absolute atomic E-state index is 0.210. The number of benzene rings is 2. The predicted octanol–water partition coefficient (Wildman–Crippen LogP) is 4.89. The molecule has 1 saturated carbocycles. The zero-order valence-electron chi connectivity index (χ0n) is 23.6. The summed E-state index contributed by atoms with van der Waals surface area (Å²) in [5.41, 5.74) is -0.858. The van der Waals surface area contributed by atoms with Crippen molar-refractivity contribution >= 4 is 29.4 Å². The molecule has 1 heterocycles. The van der Waals surface area contributed by atoms with Crippen molar-refractivity contribution < 1.29 is 34.1 Å². The fraction of sp³-hybridized carbons (Fsp3) is 0.367. The number of rotatable bonds is 11. The van der Waals surface area contributed by atoms with Gasteiger partial charge in [-0.05, 0) is 36.4 Å². The summed E-state index contributed by atoms with van der Waals surface area (Å²) in [6.45, 7) is 8.75. The normalized spacial score (nSPS) is 18.3. The number of aryl methyl sites for hydroxylation is 1. The molecule has 0 unspecified atom stereocenters. The number of aromatic nitrogens is 2. The Kier molecular flexibility index (Phi) is 8.50. The van der Waals surface area contributed by atoms with Gasteiger partial charge in [0, 0.05) is 42.1 Å². The van der Waals surface area contributed by atoms with Crippen LogP contribution in [-0.2, 0) is 6.54 Å². The summed E-state index contributed by atoms with van der Waals surface area (Å²) in [4.78, 5) is 35.7. The number of amides is 1. The van der Waals surface area contributed by atoms with E-state index in [1.807, 2.05) is 33.8 Å². The van der Waals surface area contributed by atoms with Gasteiger partial charge in [0.1, 0.15) is 29.4 Å². The van der Waals surface area contributed by atoms with Crippen LogP contribution in [0.3, 0.4) is 0 Å². The highest BCUT2D eigenvalue weighted by Crippen LogP contribution is 2.55. The van der Waals surface area contributed by atoms with Gasteiger partial charge in [-0.1, -0.05) is 39.3 Å². The first-order valence-electron chi connectivity index (χ1n) is 13.2. The molecule has 0 aliphatic heterocycles. The lowest BCUT2D eigenvalue weighted by Gasteiger charge is -2.63. The standard InChI is InChI=1S/C30H31ClN4O7/c1-29(2)27(30(3,4)28(29)42-19-7-6-17(16-32)22(31)15-19)33-24(36)23-10-12-35(34-23)11-5-13-41-18-8-9-20(25(37)38)21(14-18)26(39)40/h6-10,12,14-15,27-28H,5,11,13H2,1-4H3,(H,33,36)(H,37,38)(H,39,40). The quantitative estimate of drug-likeness (QED) is 0.262. The largest absolute Gasteiger partial charge is 0.494 e. The van der Waals surface area contributed by atoms with E-state index in [2.05, 4.69) is 10.4 Å². The van der Waals surface area contributed by atoms with Crippen LogP contribution in [0.15, 0.2) is 48.7 Å². The van der Waals surface area contributed by atoms with Crippen molar-refractivity contribution in [1.82, 2.24) is 15.1 Å². The summed E-state index contributed by atoms with van der Waals surface area (Å²) < 4.78 is 13.5. The van der Waals surface area contributed by atoms with Gasteiger partial charge in [0.05, 0.1) is 28.3 Å². The van der Waals surface area contributed by atoms with Crippen molar-refractivity contribution in [2.45, 2.75) is 52.8 Å². The van der Waals surface area contributed by atoms with Crippen LogP contribution in [-0.4, -0.2) is 56.6 Å². The number of nitrogens with zero attached hydrogens (tertiary/aromatic N) is 3. The van der Waals surface area contributed by atoms with Gasteiger partial charge >= 0.3 is 11.9 Å². The average Bonchev–Trinajstić information content (AvgIpc) is 3.41. The number of carboxylic acid groups (broad SMARTS) is 2. The minimum atomic E-state index is -1.35.